The summed E-state index contributed by atoms with van der Waals surface area (Å²) < 4.78 is 16.9. The van der Waals surface area contributed by atoms with Gasteiger partial charge < -0.3 is 15.8 Å². The first-order valence-corrected chi connectivity index (χ1v) is 5.03. The molecule has 1 rings (SSSR count). The third-order valence-corrected chi connectivity index (χ3v) is 1.92. The Morgan fingerprint density at radius 3 is 2.94 bits per heavy atom. The molecule has 0 atom stereocenters. The monoisotopic (exact) mass is 353 g/mol. The van der Waals surface area contributed by atoms with E-state index in [1.165, 1.54) is 0 Å². The van der Waals surface area contributed by atoms with Gasteiger partial charge in [0.1, 0.15) is 5.75 Å². The van der Waals surface area contributed by atoms with Crippen molar-refractivity contribution in [3.8, 4) is 5.75 Å². The summed E-state index contributed by atoms with van der Waals surface area (Å²) in [6.45, 7) is 0.00917. The molecule has 0 aromatic heterocycles. The van der Waals surface area contributed by atoms with Crippen LogP contribution >= 0.6 is 24.0 Å². The highest BCUT2D eigenvalue weighted by atomic mass is 127. The van der Waals surface area contributed by atoms with E-state index in [4.69, 9.17) is 10.5 Å². The van der Waals surface area contributed by atoms with Crippen LogP contribution in [0.5, 0.6) is 5.75 Å². The van der Waals surface area contributed by atoms with Crippen molar-refractivity contribution in [3.63, 3.8) is 0 Å². The second-order valence-corrected chi connectivity index (χ2v) is 3.17. The van der Waals surface area contributed by atoms with Gasteiger partial charge in [0.2, 0.25) is 0 Å². The lowest BCUT2D eigenvalue weighted by Gasteiger charge is -2.06. The van der Waals surface area contributed by atoms with Crippen LogP contribution in [0.25, 0.3) is 0 Å². The SMILES string of the molecule is COc1cccc(NC(N)=NCCCF)c1.I. The maximum Gasteiger partial charge on any atom is 0.193 e. The molecular weight excluding hydrogens is 336 g/mol. The predicted molar refractivity (Wildman–Crippen MR) is 79.1 cm³/mol. The fourth-order valence-electron chi connectivity index (χ4n) is 1.15. The van der Waals surface area contributed by atoms with Crippen molar-refractivity contribution in [1.29, 1.82) is 0 Å². The van der Waals surface area contributed by atoms with Crippen LogP contribution in [0.4, 0.5) is 10.1 Å². The number of ether oxygens (including phenoxy) is 1. The first-order valence-electron chi connectivity index (χ1n) is 5.03. The van der Waals surface area contributed by atoms with Gasteiger partial charge in [-0.25, -0.2) is 0 Å². The highest BCUT2D eigenvalue weighted by Gasteiger charge is 1.96. The number of methoxy groups -OCH3 is 1. The van der Waals surface area contributed by atoms with Crippen LogP contribution in [-0.4, -0.2) is 26.3 Å². The van der Waals surface area contributed by atoms with E-state index < -0.39 is 0 Å². The van der Waals surface area contributed by atoms with Gasteiger partial charge in [-0.15, -0.1) is 24.0 Å². The molecule has 0 radical (unpaired) electrons. The normalized spacial score (nSPS) is 10.6. The molecule has 0 aliphatic carbocycles. The number of nitrogens with two attached hydrogens (primary N) is 1. The maximum absolute atomic E-state index is 11.8. The lowest BCUT2D eigenvalue weighted by molar-refractivity contribution is 0.415. The lowest BCUT2D eigenvalue weighted by atomic mass is 10.3. The summed E-state index contributed by atoms with van der Waals surface area (Å²) >= 11 is 0. The van der Waals surface area contributed by atoms with Crippen molar-refractivity contribution in [2.24, 2.45) is 10.7 Å². The number of nitrogens with one attached hydrogen (secondary N) is 1. The van der Waals surface area contributed by atoms with E-state index in [9.17, 15) is 4.39 Å². The minimum Gasteiger partial charge on any atom is -0.497 e. The molecule has 0 saturated carbocycles. The molecular formula is C11H17FIN3O. The summed E-state index contributed by atoms with van der Waals surface area (Å²) in [7, 11) is 1.60. The number of nitrogens with zero attached hydrogens (tertiary/aromatic N) is 1. The predicted octanol–water partition coefficient (Wildman–Crippen LogP) is 2.40. The average Bonchev–Trinajstić information content (AvgIpc) is 2.29. The highest BCUT2D eigenvalue weighted by Crippen LogP contribution is 2.16. The van der Waals surface area contributed by atoms with Crippen LogP contribution < -0.4 is 15.8 Å². The van der Waals surface area contributed by atoms with Crippen LogP contribution in [0.3, 0.4) is 0 Å². The van der Waals surface area contributed by atoms with Crippen LogP contribution in [-0.2, 0) is 0 Å². The molecule has 0 amide bonds. The van der Waals surface area contributed by atoms with Crippen molar-refractivity contribution in [1.82, 2.24) is 0 Å². The van der Waals surface area contributed by atoms with Crippen LogP contribution in [0.15, 0.2) is 29.3 Å². The zero-order valence-electron chi connectivity index (χ0n) is 9.65. The van der Waals surface area contributed by atoms with Crippen molar-refractivity contribution >= 4 is 35.6 Å². The van der Waals surface area contributed by atoms with Gasteiger partial charge in [0, 0.05) is 18.3 Å². The molecule has 17 heavy (non-hydrogen) atoms. The molecule has 1 aromatic carbocycles. The molecule has 0 aliphatic rings. The van der Waals surface area contributed by atoms with Crippen LogP contribution in [0.1, 0.15) is 6.42 Å². The number of halogens is 2. The Balaban J connectivity index is 0.00000256. The van der Waals surface area contributed by atoms with Crippen LogP contribution in [0, 0.1) is 0 Å². The second kappa shape index (κ2) is 9.03. The summed E-state index contributed by atoms with van der Waals surface area (Å²) in [5.41, 5.74) is 6.41. The van der Waals surface area contributed by atoms with E-state index in [-0.39, 0.29) is 36.6 Å². The second-order valence-electron chi connectivity index (χ2n) is 3.17. The van der Waals surface area contributed by atoms with Gasteiger partial charge in [-0.1, -0.05) is 6.07 Å². The Bertz CT molecular complexity index is 360. The van der Waals surface area contributed by atoms with E-state index in [1.807, 2.05) is 18.2 Å². The lowest BCUT2D eigenvalue weighted by Crippen LogP contribution is -2.22. The summed E-state index contributed by atoms with van der Waals surface area (Å²) in [5, 5.41) is 2.90. The van der Waals surface area contributed by atoms with Gasteiger partial charge in [-0.05, 0) is 18.6 Å². The molecule has 4 nitrogen and oxygen atoms in total. The quantitative estimate of drug-likeness (QED) is 0.370. The Morgan fingerprint density at radius 2 is 2.29 bits per heavy atom. The topological polar surface area (TPSA) is 59.6 Å². The van der Waals surface area contributed by atoms with E-state index >= 15 is 0 Å². The molecule has 0 unspecified atom stereocenters. The number of hydrogen-bond donors (Lipinski definition) is 2. The molecule has 0 bridgehead atoms. The molecule has 6 heteroatoms. The molecule has 96 valence electrons. The zero-order chi connectivity index (χ0) is 11.8. The number of hydrogen-bond acceptors (Lipinski definition) is 2. The van der Waals surface area contributed by atoms with Crippen molar-refractivity contribution in [2.45, 2.75) is 6.42 Å². The Kier molecular flexibility index (Phi) is 8.47. The van der Waals surface area contributed by atoms with E-state index in [1.54, 1.807) is 13.2 Å². The molecule has 0 saturated heterocycles. The van der Waals surface area contributed by atoms with Crippen molar-refractivity contribution in [3.05, 3.63) is 24.3 Å². The number of benzene rings is 1. The summed E-state index contributed by atoms with van der Waals surface area (Å²) in [5.74, 6) is 1.02. The van der Waals surface area contributed by atoms with E-state index in [2.05, 4.69) is 10.3 Å². The largest absolute Gasteiger partial charge is 0.497 e. The molecule has 1 aromatic rings. The average molecular weight is 353 g/mol. The third-order valence-electron chi connectivity index (χ3n) is 1.92. The molecule has 0 spiro atoms. The number of guanidine groups is 1. The first kappa shape index (κ1) is 16.0. The smallest absolute Gasteiger partial charge is 0.193 e. The zero-order valence-corrected chi connectivity index (χ0v) is 12.0. The Hall–Kier alpha value is -1.05. The maximum atomic E-state index is 11.8. The van der Waals surface area contributed by atoms with Gasteiger partial charge in [0.05, 0.1) is 13.8 Å². The fourth-order valence-corrected chi connectivity index (χ4v) is 1.15. The Morgan fingerprint density at radius 1 is 1.53 bits per heavy atom. The molecule has 0 heterocycles. The number of aliphatic imine (C=N–C) groups is 1. The van der Waals surface area contributed by atoms with Crippen molar-refractivity contribution < 1.29 is 9.13 Å². The molecule has 3 N–H and O–H groups in total. The van der Waals surface area contributed by atoms with E-state index in [0.717, 1.165) is 11.4 Å². The minimum absolute atomic E-state index is 0. The van der Waals surface area contributed by atoms with Gasteiger partial charge >= 0.3 is 0 Å². The standard InChI is InChI=1S/C11H16FN3O.HI/c1-16-10-5-2-4-9(8-10)15-11(13)14-7-3-6-12;/h2,4-5,8H,3,6-7H2,1H3,(H3,13,14,15);1H. The van der Waals surface area contributed by atoms with Gasteiger partial charge in [0.15, 0.2) is 5.96 Å². The third kappa shape index (κ3) is 6.30. The van der Waals surface area contributed by atoms with Gasteiger partial charge in [-0.2, -0.15) is 0 Å². The minimum atomic E-state index is -0.379. The number of anilines is 1. The van der Waals surface area contributed by atoms with Crippen molar-refractivity contribution in [2.75, 3.05) is 25.6 Å². The first-order chi connectivity index (χ1) is 7.76. The Labute approximate surface area is 117 Å². The fraction of sp³-hybridized carbons (Fsp3) is 0.364. The summed E-state index contributed by atoms with van der Waals surface area (Å²) in [6, 6.07) is 7.33. The molecule has 0 fully saturated rings. The van der Waals surface area contributed by atoms with Gasteiger partial charge in [0.25, 0.3) is 0 Å². The highest BCUT2D eigenvalue weighted by molar-refractivity contribution is 14.0. The van der Waals surface area contributed by atoms with Crippen LogP contribution in [0.2, 0.25) is 0 Å². The molecule has 0 aliphatic heterocycles. The summed E-state index contributed by atoms with van der Waals surface area (Å²) in [6.07, 6.45) is 0.389. The van der Waals surface area contributed by atoms with Gasteiger partial charge in [-0.3, -0.25) is 9.38 Å². The van der Waals surface area contributed by atoms with E-state index in [0.29, 0.717) is 13.0 Å². The summed E-state index contributed by atoms with van der Waals surface area (Å²) in [4.78, 5) is 3.97. The number of alkyl halides is 1. The number of rotatable bonds is 5.